The van der Waals surface area contributed by atoms with Gasteiger partial charge in [0.1, 0.15) is 24.1 Å². The third kappa shape index (κ3) is 2.30. The minimum atomic E-state index is -1.25. The van der Waals surface area contributed by atoms with Crippen molar-refractivity contribution in [2.75, 3.05) is 0 Å². The van der Waals surface area contributed by atoms with Gasteiger partial charge in [0, 0.05) is 6.42 Å². The largest absolute Gasteiger partial charge is 0.388 e. The molecule has 1 aliphatic rings. The number of aliphatic hydroxyl groups is 3. The maximum Gasteiger partial charge on any atom is 0.132 e. The van der Waals surface area contributed by atoms with Crippen LogP contribution in [0.2, 0.25) is 0 Å². The van der Waals surface area contributed by atoms with E-state index in [1.165, 1.54) is 6.92 Å². The zero-order chi connectivity index (χ0) is 10.9. The van der Waals surface area contributed by atoms with Gasteiger partial charge in [0.05, 0.1) is 12.2 Å². The van der Waals surface area contributed by atoms with Crippen molar-refractivity contribution in [2.45, 2.75) is 50.8 Å². The van der Waals surface area contributed by atoms with Gasteiger partial charge < -0.3 is 20.1 Å². The van der Waals surface area contributed by atoms with Crippen LogP contribution in [0.15, 0.2) is 0 Å². The van der Waals surface area contributed by atoms with Gasteiger partial charge in [-0.1, -0.05) is 0 Å². The first-order chi connectivity index (χ1) is 6.43. The van der Waals surface area contributed by atoms with Gasteiger partial charge in [-0.05, 0) is 13.8 Å². The van der Waals surface area contributed by atoms with Crippen LogP contribution in [0.25, 0.3) is 0 Å². The second-order valence-electron chi connectivity index (χ2n) is 3.76. The number of aliphatic hydroxyl groups excluding tert-OH is 3. The molecule has 0 aromatic carbocycles. The monoisotopic (exact) mass is 204 g/mol. The van der Waals surface area contributed by atoms with Crippen LogP contribution >= 0.6 is 0 Å². The number of hydrogen-bond donors (Lipinski definition) is 3. The summed E-state index contributed by atoms with van der Waals surface area (Å²) in [5, 5.41) is 28.2. The van der Waals surface area contributed by atoms with Crippen molar-refractivity contribution >= 4 is 5.78 Å². The van der Waals surface area contributed by atoms with Crippen LogP contribution in [-0.4, -0.2) is 51.6 Å². The predicted octanol–water partition coefficient (Wildman–Crippen LogP) is -1.16. The van der Waals surface area contributed by atoms with E-state index in [0.717, 1.165) is 0 Å². The Balaban J connectivity index is 2.65. The summed E-state index contributed by atoms with van der Waals surface area (Å²) in [6.07, 6.45) is -4.80. The first-order valence-electron chi connectivity index (χ1n) is 4.62. The molecule has 5 heteroatoms. The second-order valence-corrected chi connectivity index (χ2v) is 3.76. The SMILES string of the molecule is CC(=O)C[C@H]1O[C@H](C)[C@@H](O)[C@H](O)[C@H]1O. The standard InChI is InChI=1S/C9H16O5/c1-4(10)3-6-8(12)9(13)7(11)5(2)14-6/h5-9,11-13H,3H2,1-2H3/t5-,6-,7-,8+,9+/m1/s1. The van der Waals surface area contributed by atoms with Gasteiger partial charge in [-0.2, -0.15) is 0 Å². The molecule has 82 valence electrons. The van der Waals surface area contributed by atoms with Crippen molar-refractivity contribution in [3.63, 3.8) is 0 Å². The maximum absolute atomic E-state index is 10.8. The van der Waals surface area contributed by atoms with E-state index in [4.69, 9.17) is 4.74 Å². The molecule has 1 heterocycles. The summed E-state index contributed by atoms with van der Waals surface area (Å²) in [6, 6.07) is 0. The zero-order valence-electron chi connectivity index (χ0n) is 8.25. The van der Waals surface area contributed by atoms with E-state index in [2.05, 4.69) is 0 Å². The summed E-state index contributed by atoms with van der Waals surface area (Å²) >= 11 is 0. The number of carbonyl (C=O) groups is 1. The Kier molecular flexibility index (Phi) is 3.60. The molecule has 0 aliphatic carbocycles. The Morgan fingerprint density at radius 2 is 1.79 bits per heavy atom. The molecule has 5 atom stereocenters. The molecule has 1 rings (SSSR count). The van der Waals surface area contributed by atoms with Gasteiger partial charge >= 0.3 is 0 Å². The summed E-state index contributed by atoms with van der Waals surface area (Å²) < 4.78 is 5.21. The van der Waals surface area contributed by atoms with Gasteiger partial charge in [0.2, 0.25) is 0 Å². The van der Waals surface area contributed by atoms with E-state index < -0.39 is 30.5 Å². The lowest BCUT2D eigenvalue weighted by molar-refractivity contribution is -0.217. The summed E-state index contributed by atoms with van der Waals surface area (Å²) in [4.78, 5) is 10.8. The van der Waals surface area contributed by atoms with Crippen LogP contribution in [0.4, 0.5) is 0 Å². The normalized spacial score (nSPS) is 43.6. The quantitative estimate of drug-likeness (QED) is 0.528. The molecular formula is C9H16O5. The number of carbonyl (C=O) groups excluding carboxylic acids is 1. The first-order valence-corrected chi connectivity index (χ1v) is 4.62. The minimum absolute atomic E-state index is 0.0509. The number of rotatable bonds is 2. The lowest BCUT2D eigenvalue weighted by Gasteiger charge is -2.39. The van der Waals surface area contributed by atoms with E-state index in [-0.39, 0.29) is 12.2 Å². The van der Waals surface area contributed by atoms with Crippen LogP contribution in [0.5, 0.6) is 0 Å². The van der Waals surface area contributed by atoms with Gasteiger partial charge in [0.15, 0.2) is 0 Å². The number of hydrogen-bond acceptors (Lipinski definition) is 5. The Bertz CT molecular complexity index is 217. The Labute approximate surface area is 82.3 Å². The lowest BCUT2D eigenvalue weighted by Crippen LogP contribution is -2.56. The molecule has 5 nitrogen and oxygen atoms in total. The summed E-state index contributed by atoms with van der Waals surface area (Å²) in [6.45, 7) is 2.98. The van der Waals surface area contributed by atoms with Crippen LogP contribution in [0.1, 0.15) is 20.3 Å². The third-order valence-corrected chi connectivity index (χ3v) is 2.44. The highest BCUT2D eigenvalue weighted by molar-refractivity contribution is 5.76. The highest BCUT2D eigenvalue weighted by atomic mass is 16.5. The van der Waals surface area contributed by atoms with E-state index in [9.17, 15) is 20.1 Å². The van der Waals surface area contributed by atoms with E-state index in [0.29, 0.717) is 0 Å². The fraction of sp³-hybridized carbons (Fsp3) is 0.889. The van der Waals surface area contributed by atoms with Crippen molar-refractivity contribution in [2.24, 2.45) is 0 Å². The molecule has 0 aromatic rings. The Hall–Kier alpha value is -0.490. The van der Waals surface area contributed by atoms with Crippen LogP contribution in [0.3, 0.4) is 0 Å². The zero-order valence-corrected chi connectivity index (χ0v) is 8.25. The van der Waals surface area contributed by atoms with E-state index >= 15 is 0 Å². The smallest absolute Gasteiger partial charge is 0.132 e. The molecule has 1 aliphatic heterocycles. The molecule has 0 amide bonds. The molecule has 14 heavy (non-hydrogen) atoms. The highest BCUT2D eigenvalue weighted by Gasteiger charge is 2.41. The first kappa shape index (κ1) is 11.6. The van der Waals surface area contributed by atoms with Crippen molar-refractivity contribution in [3.8, 4) is 0 Å². The fourth-order valence-corrected chi connectivity index (χ4v) is 1.59. The summed E-state index contributed by atoms with van der Waals surface area (Å²) in [5.74, 6) is -0.121. The number of ketones is 1. The van der Waals surface area contributed by atoms with Crippen LogP contribution < -0.4 is 0 Å². The molecular weight excluding hydrogens is 188 g/mol. The molecule has 0 bridgehead atoms. The van der Waals surface area contributed by atoms with Gasteiger partial charge in [0.25, 0.3) is 0 Å². The molecule has 0 saturated carbocycles. The van der Waals surface area contributed by atoms with Gasteiger partial charge in [-0.25, -0.2) is 0 Å². The summed E-state index contributed by atoms with van der Waals surface area (Å²) in [7, 11) is 0. The molecule has 0 unspecified atom stereocenters. The Morgan fingerprint density at radius 1 is 1.21 bits per heavy atom. The number of Topliss-reactive ketones (excluding diaryl/α,β-unsaturated/α-hetero) is 1. The van der Waals surface area contributed by atoms with Gasteiger partial charge in [-0.15, -0.1) is 0 Å². The van der Waals surface area contributed by atoms with Crippen molar-refractivity contribution < 1.29 is 24.9 Å². The highest BCUT2D eigenvalue weighted by Crippen LogP contribution is 2.22. The molecule has 1 fully saturated rings. The minimum Gasteiger partial charge on any atom is -0.388 e. The van der Waals surface area contributed by atoms with E-state index in [1.807, 2.05) is 0 Å². The topological polar surface area (TPSA) is 87.0 Å². The average Bonchev–Trinajstić information content (AvgIpc) is 2.10. The van der Waals surface area contributed by atoms with Crippen LogP contribution in [-0.2, 0) is 9.53 Å². The second kappa shape index (κ2) is 4.35. The summed E-state index contributed by atoms with van der Waals surface area (Å²) in [5.41, 5.74) is 0. The van der Waals surface area contributed by atoms with Crippen molar-refractivity contribution in [1.29, 1.82) is 0 Å². The maximum atomic E-state index is 10.8. The van der Waals surface area contributed by atoms with Gasteiger partial charge in [-0.3, -0.25) is 4.79 Å². The lowest BCUT2D eigenvalue weighted by atomic mass is 9.93. The molecule has 0 radical (unpaired) electrons. The van der Waals surface area contributed by atoms with Crippen molar-refractivity contribution in [1.82, 2.24) is 0 Å². The molecule has 3 N–H and O–H groups in total. The Morgan fingerprint density at radius 3 is 2.29 bits per heavy atom. The molecule has 1 saturated heterocycles. The molecule has 0 spiro atoms. The third-order valence-electron chi connectivity index (χ3n) is 2.44. The average molecular weight is 204 g/mol. The predicted molar refractivity (Wildman–Crippen MR) is 47.7 cm³/mol. The van der Waals surface area contributed by atoms with Crippen molar-refractivity contribution in [3.05, 3.63) is 0 Å². The number of ether oxygens (including phenoxy) is 1. The van der Waals surface area contributed by atoms with E-state index in [1.54, 1.807) is 6.92 Å². The fourth-order valence-electron chi connectivity index (χ4n) is 1.59. The van der Waals surface area contributed by atoms with Crippen LogP contribution in [0, 0.1) is 0 Å². The molecule has 0 aromatic heterocycles.